The van der Waals surface area contributed by atoms with Crippen molar-refractivity contribution in [1.82, 2.24) is 10.2 Å². The fourth-order valence-corrected chi connectivity index (χ4v) is 4.41. The molecule has 7 heteroatoms. The Morgan fingerprint density at radius 3 is 2.39 bits per heavy atom. The van der Waals surface area contributed by atoms with E-state index in [-0.39, 0.29) is 17.9 Å². The Kier molecular flexibility index (Phi) is 7.85. The van der Waals surface area contributed by atoms with Gasteiger partial charge in [0.1, 0.15) is 0 Å². The summed E-state index contributed by atoms with van der Waals surface area (Å²) in [6.45, 7) is 2.39. The van der Waals surface area contributed by atoms with Gasteiger partial charge in [-0.25, -0.2) is 0 Å². The number of benzene rings is 2. The predicted octanol–water partition coefficient (Wildman–Crippen LogP) is 4.86. The third-order valence-electron chi connectivity index (χ3n) is 5.02. The van der Waals surface area contributed by atoms with Gasteiger partial charge in [0.25, 0.3) is 11.8 Å². The summed E-state index contributed by atoms with van der Waals surface area (Å²) in [5.74, 6) is -0.435. The number of carbonyl (C=O) groups excluding carboxylic acids is 2. The smallest absolute Gasteiger partial charge is 0.261 e. The van der Waals surface area contributed by atoms with Crippen LogP contribution in [-0.2, 0) is 6.42 Å². The molecule has 0 fully saturated rings. The number of thiophene rings is 1. The molecule has 2 amide bonds. The molecule has 3 aromatic rings. The van der Waals surface area contributed by atoms with Gasteiger partial charge in [-0.2, -0.15) is 0 Å². The molecule has 2 N–H and O–H groups in total. The van der Waals surface area contributed by atoms with Gasteiger partial charge in [0.2, 0.25) is 0 Å². The summed E-state index contributed by atoms with van der Waals surface area (Å²) >= 11 is 7.36. The van der Waals surface area contributed by atoms with E-state index in [1.165, 1.54) is 16.9 Å². The van der Waals surface area contributed by atoms with Crippen molar-refractivity contribution in [3.63, 3.8) is 0 Å². The van der Waals surface area contributed by atoms with E-state index in [2.05, 4.69) is 27.7 Å². The highest BCUT2D eigenvalue weighted by molar-refractivity contribution is 7.18. The maximum absolute atomic E-state index is 12.8. The molecule has 0 spiro atoms. The molecule has 1 unspecified atom stereocenters. The Hall–Kier alpha value is -2.67. The van der Waals surface area contributed by atoms with E-state index in [0.29, 0.717) is 27.0 Å². The van der Waals surface area contributed by atoms with Gasteiger partial charge in [-0.05, 0) is 56.8 Å². The first-order valence-corrected chi connectivity index (χ1v) is 11.2. The molecule has 0 bridgehead atoms. The van der Waals surface area contributed by atoms with Crippen molar-refractivity contribution < 1.29 is 9.59 Å². The molecule has 5 nitrogen and oxygen atoms in total. The van der Waals surface area contributed by atoms with Crippen molar-refractivity contribution in [2.75, 3.05) is 26.0 Å². The van der Waals surface area contributed by atoms with E-state index in [1.54, 1.807) is 24.3 Å². The van der Waals surface area contributed by atoms with E-state index in [1.807, 2.05) is 45.3 Å². The summed E-state index contributed by atoms with van der Waals surface area (Å²) in [5.41, 5.74) is 2.45. The zero-order valence-electron chi connectivity index (χ0n) is 17.8. The molecule has 162 valence electrons. The number of nitrogens with zero attached hydrogens (tertiary/aromatic N) is 1. The lowest BCUT2D eigenvalue weighted by atomic mass is 10.1. The second kappa shape index (κ2) is 10.6. The third kappa shape index (κ3) is 6.17. The van der Waals surface area contributed by atoms with Crippen LogP contribution < -0.4 is 10.6 Å². The number of anilines is 1. The number of likely N-dealkylation sites (N-methyl/N-ethyl adjacent to an activating group) is 1. The number of aryl methyl sites for hydroxylation is 1. The molecule has 3 rings (SSSR count). The van der Waals surface area contributed by atoms with Crippen LogP contribution in [0.25, 0.3) is 0 Å². The van der Waals surface area contributed by atoms with Crippen LogP contribution in [0, 0.1) is 6.92 Å². The van der Waals surface area contributed by atoms with Crippen LogP contribution in [0.3, 0.4) is 0 Å². The van der Waals surface area contributed by atoms with Crippen LogP contribution in [0.4, 0.5) is 5.00 Å². The molecule has 0 saturated heterocycles. The first-order chi connectivity index (χ1) is 14.8. The lowest BCUT2D eigenvalue weighted by Crippen LogP contribution is -2.41. The fraction of sp³-hybridized carbons (Fsp3) is 0.250. The van der Waals surface area contributed by atoms with Crippen molar-refractivity contribution >= 4 is 39.8 Å². The lowest BCUT2D eigenvalue weighted by Gasteiger charge is -2.24. The van der Waals surface area contributed by atoms with Crippen molar-refractivity contribution in [2.24, 2.45) is 0 Å². The number of halogens is 1. The van der Waals surface area contributed by atoms with Crippen LogP contribution in [0.1, 0.15) is 31.2 Å². The van der Waals surface area contributed by atoms with Gasteiger partial charge in [0.15, 0.2) is 0 Å². The number of carbonyl (C=O) groups is 2. The summed E-state index contributed by atoms with van der Waals surface area (Å²) in [7, 11) is 4.02. The highest BCUT2D eigenvalue weighted by atomic mass is 35.5. The van der Waals surface area contributed by atoms with Crippen molar-refractivity contribution in [3.05, 3.63) is 87.3 Å². The minimum absolute atomic E-state index is 0.138. The fourth-order valence-electron chi connectivity index (χ4n) is 3.21. The topological polar surface area (TPSA) is 61.4 Å². The molecular weight excluding hydrogens is 430 g/mol. The molecule has 1 atom stereocenters. The lowest BCUT2D eigenvalue weighted by molar-refractivity contribution is 0.0944. The van der Waals surface area contributed by atoms with Crippen molar-refractivity contribution in [2.45, 2.75) is 19.4 Å². The van der Waals surface area contributed by atoms with Gasteiger partial charge in [-0.3, -0.25) is 9.59 Å². The van der Waals surface area contributed by atoms with Crippen LogP contribution in [-0.4, -0.2) is 43.4 Å². The molecule has 1 heterocycles. The van der Waals surface area contributed by atoms with E-state index < -0.39 is 0 Å². The van der Waals surface area contributed by atoms with Crippen LogP contribution >= 0.6 is 22.9 Å². The van der Waals surface area contributed by atoms with E-state index in [4.69, 9.17) is 11.6 Å². The van der Waals surface area contributed by atoms with Crippen LogP contribution in [0.2, 0.25) is 5.02 Å². The average molecular weight is 456 g/mol. The first-order valence-electron chi connectivity index (χ1n) is 10.00. The number of rotatable bonds is 8. The SMILES string of the molecule is Cc1cc(NC(=O)c2ccccc2Cl)sc1C(=O)NCC(Cc1ccccc1)N(C)C. The molecule has 2 aromatic carbocycles. The zero-order valence-corrected chi connectivity index (χ0v) is 19.4. The number of nitrogens with one attached hydrogen (secondary N) is 2. The standard InChI is InChI=1S/C24H26ClN3O2S/c1-16-13-21(27-23(29)19-11-7-8-12-20(19)25)31-22(16)24(30)26-15-18(28(2)3)14-17-9-5-4-6-10-17/h4-13,18H,14-15H2,1-3H3,(H,26,30)(H,27,29). The summed E-state index contributed by atoms with van der Waals surface area (Å²) < 4.78 is 0. The average Bonchev–Trinajstić information content (AvgIpc) is 3.11. The van der Waals surface area contributed by atoms with Crippen molar-refractivity contribution in [3.8, 4) is 0 Å². The second-order valence-electron chi connectivity index (χ2n) is 7.57. The first kappa shape index (κ1) is 23.0. The van der Waals surface area contributed by atoms with Gasteiger partial charge in [0, 0.05) is 12.6 Å². The maximum atomic E-state index is 12.8. The normalized spacial score (nSPS) is 11.9. The molecule has 0 aliphatic rings. The Bertz CT molecular complexity index is 1050. The molecule has 1 aromatic heterocycles. The monoisotopic (exact) mass is 455 g/mol. The van der Waals surface area contributed by atoms with Crippen LogP contribution in [0.15, 0.2) is 60.7 Å². The Morgan fingerprint density at radius 2 is 1.71 bits per heavy atom. The summed E-state index contributed by atoms with van der Waals surface area (Å²) in [6, 6.07) is 19.1. The van der Waals surface area contributed by atoms with E-state index in [9.17, 15) is 9.59 Å². The number of hydrogen-bond donors (Lipinski definition) is 2. The summed E-state index contributed by atoms with van der Waals surface area (Å²) in [5, 5.41) is 6.88. The summed E-state index contributed by atoms with van der Waals surface area (Å²) in [4.78, 5) is 28.0. The highest BCUT2D eigenvalue weighted by Crippen LogP contribution is 2.28. The van der Waals surface area contributed by atoms with E-state index >= 15 is 0 Å². The molecule has 31 heavy (non-hydrogen) atoms. The second-order valence-corrected chi connectivity index (χ2v) is 9.03. The van der Waals surface area contributed by atoms with Gasteiger partial charge in [0.05, 0.1) is 20.5 Å². The van der Waals surface area contributed by atoms with E-state index in [0.717, 1.165) is 12.0 Å². The van der Waals surface area contributed by atoms with Gasteiger partial charge in [-0.1, -0.05) is 54.1 Å². The largest absolute Gasteiger partial charge is 0.350 e. The van der Waals surface area contributed by atoms with Gasteiger partial charge in [-0.15, -0.1) is 11.3 Å². The number of amides is 2. The molecule has 0 radical (unpaired) electrons. The molecule has 0 aliphatic heterocycles. The predicted molar refractivity (Wildman–Crippen MR) is 128 cm³/mol. The highest BCUT2D eigenvalue weighted by Gasteiger charge is 2.19. The van der Waals surface area contributed by atoms with Crippen molar-refractivity contribution in [1.29, 1.82) is 0 Å². The quantitative estimate of drug-likeness (QED) is 0.509. The Morgan fingerprint density at radius 1 is 1.03 bits per heavy atom. The Labute approximate surface area is 192 Å². The molecule has 0 aliphatic carbocycles. The molecular formula is C24H26ClN3O2S. The minimum atomic E-state index is -0.297. The van der Waals surface area contributed by atoms with Gasteiger partial charge >= 0.3 is 0 Å². The van der Waals surface area contributed by atoms with Gasteiger partial charge < -0.3 is 15.5 Å². The zero-order chi connectivity index (χ0) is 22.4. The summed E-state index contributed by atoms with van der Waals surface area (Å²) in [6.07, 6.45) is 0.844. The minimum Gasteiger partial charge on any atom is -0.350 e. The number of hydrogen-bond acceptors (Lipinski definition) is 4. The third-order valence-corrected chi connectivity index (χ3v) is 6.50. The van der Waals surface area contributed by atoms with Crippen LogP contribution in [0.5, 0.6) is 0 Å². The molecule has 0 saturated carbocycles. The Balaban J connectivity index is 1.63. The maximum Gasteiger partial charge on any atom is 0.261 e.